The molecule has 1 saturated heterocycles. The van der Waals surface area contributed by atoms with Gasteiger partial charge in [-0.3, -0.25) is 4.90 Å². The third-order valence-electron chi connectivity index (χ3n) is 3.49. The smallest absolute Gasteiger partial charge is 0.128 e. The van der Waals surface area contributed by atoms with Crippen LogP contribution in [0.25, 0.3) is 0 Å². The highest BCUT2D eigenvalue weighted by molar-refractivity contribution is 5.44. The molecule has 1 aliphatic heterocycles. The molecule has 1 fully saturated rings. The maximum atomic E-state index is 4.47. The molecule has 1 aliphatic rings. The summed E-state index contributed by atoms with van der Waals surface area (Å²) in [5, 5.41) is 3.11. The molecule has 1 N–H and O–H groups in total. The number of nitrogens with one attached hydrogen (secondary N) is 1. The second-order valence-corrected chi connectivity index (χ2v) is 4.68. The molecule has 88 valence electrons. The van der Waals surface area contributed by atoms with Gasteiger partial charge in [0.2, 0.25) is 0 Å². The Bertz CT molecular complexity index is 362. The number of hydrogen-bond donors (Lipinski definition) is 1. The normalized spacial score (nSPS) is 22.1. The molecule has 0 saturated carbocycles. The number of rotatable bonds is 2. The highest BCUT2D eigenvalue weighted by Crippen LogP contribution is 2.30. The number of pyridine rings is 1. The average molecular weight is 219 g/mol. The van der Waals surface area contributed by atoms with Gasteiger partial charge in [-0.15, -0.1) is 0 Å². The molecule has 0 bridgehead atoms. The third kappa shape index (κ3) is 2.19. The van der Waals surface area contributed by atoms with Crippen LogP contribution in [-0.4, -0.2) is 30.5 Å². The maximum Gasteiger partial charge on any atom is 0.128 e. The van der Waals surface area contributed by atoms with E-state index in [1.54, 1.807) is 0 Å². The highest BCUT2D eigenvalue weighted by atomic mass is 15.1. The SMILES string of the molecule is CNc1ncc(C2CCCCN2C)cc1C. The summed E-state index contributed by atoms with van der Waals surface area (Å²) in [7, 11) is 4.13. The van der Waals surface area contributed by atoms with E-state index in [0.29, 0.717) is 6.04 Å². The van der Waals surface area contributed by atoms with E-state index in [2.05, 4.69) is 35.2 Å². The fourth-order valence-corrected chi connectivity index (χ4v) is 2.54. The zero-order valence-electron chi connectivity index (χ0n) is 10.5. The first-order chi connectivity index (χ1) is 7.72. The molecular formula is C13H21N3. The maximum absolute atomic E-state index is 4.47. The third-order valence-corrected chi connectivity index (χ3v) is 3.49. The predicted molar refractivity (Wildman–Crippen MR) is 67.7 cm³/mol. The first-order valence-corrected chi connectivity index (χ1v) is 6.07. The van der Waals surface area contributed by atoms with Crippen molar-refractivity contribution in [2.24, 2.45) is 0 Å². The van der Waals surface area contributed by atoms with Crippen molar-refractivity contribution in [1.82, 2.24) is 9.88 Å². The van der Waals surface area contributed by atoms with Crippen LogP contribution >= 0.6 is 0 Å². The van der Waals surface area contributed by atoms with Crippen molar-refractivity contribution in [3.8, 4) is 0 Å². The molecule has 2 rings (SSSR count). The Morgan fingerprint density at radius 3 is 2.88 bits per heavy atom. The van der Waals surface area contributed by atoms with Crippen LogP contribution in [0.2, 0.25) is 0 Å². The molecule has 3 heteroatoms. The number of nitrogens with zero attached hydrogens (tertiary/aromatic N) is 2. The summed E-state index contributed by atoms with van der Waals surface area (Å²) < 4.78 is 0. The quantitative estimate of drug-likeness (QED) is 0.828. The van der Waals surface area contributed by atoms with E-state index in [4.69, 9.17) is 0 Å². The van der Waals surface area contributed by atoms with Gasteiger partial charge in [0.05, 0.1) is 0 Å². The number of aromatic nitrogens is 1. The van der Waals surface area contributed by atoms with Gasteiger partial charge in [0.25, 0.3) is 0 Å². The summed E-state index contributed by atoms with van der Waals surface area (Å²) in [6.45, 7) is 3.32. The van der Waals surface area contributed by atoms with Gasteiger partial charge < -0.3 is 5.32 Å². The summed E-state index contributed by atoms with van der Waals surface area (Å²) in [4.78, 5) is 6.91. The van der Waals surface area contributed by atoms with Gasteiger partial charge in [0, 0.05) is 19.3 Å². The van der Waals surface area contributed by atoms with Crippen LogP contribution in [0.15, 0.2) is 12.3 Å². The Morgan fingerprint density at radius 2 is 2.25 bits per heavy atom. The van der Waals surface area contributed by atoms with E-state index < -0.39 is 0 Å². The van der Waals surface area contributed by atoms with Crippen LogP contribution in [0.5, 0.6) is 0 Å². The molecule has 0 radical (unpaired) electrons. The lowest BCUT2D eigenvalue weighted by molar-refractivity contribution is 0.187. The molecule has 3 nitrogen and oxygen atoms in total. The first kappa shape index (κ1) is 11.4. The topological polar surface area (TPSA) is 28.2 Å². The highest BCUT2D eigenvalue weighted by Gasteiger charge is 2.21. The lowest BCUT2D eigenvalue weighted by atomic mass is 9.96. The van der Waals surface area contributed by atoms with Crippen LogP contribution in [-0.2, 0) is 0 Å². The van der Waals surface area contributed by atoms with Crippen molar-refractivity contribution in [2.75, 3.05) is 26.0 Å². The minimum atomic E-state index is 0.561. The van der Waals surface area contributed by atoms with Crippen LogP contribution < -0.4 is 5.32 Å². The van der Waals surface area contributed by atoms with E-state index in [-0.39, 0.29) is 0 Å². The van der Waals surface area contributed by atoms with Gasteiger partial charge in [-0.25, -0.2) is 4.98 Å². The van der Waals surface area contributed by atoms with Crippen molar-refractivity contribution in [2.45, 2.75) is 32.2 Å². The molecule has 0 aromatic carbocycles. The van der Waals surface area contributed by atoms with E-state index in [0.717, 1.165) is 5.82 Å². The van der Waals surface area contributed by atoms with Gasteiger partial charge in [0.15, 0.2) is 0 Å². The van der Waals surface area contributed by atoms with Crippen LogP contribution in [0.4, 0.5) is 5.82 Å². The summed E-state index contributed by atoms with van der Waals surface area (Å²) in [5.41, 5.74) is 2.60. The number of hydrogen-bond acceptors (Lipinski definition) is 3. The van der Waals surface area contributed by atoms with Crippen molar-refractivity contribution in [1.29, 1.82) is 0 Å². The number of aryl methyl sites for hydroxylation is 1. The zero-order chi connectivity index (χ0) is 11.5. The summed E-state index contributed by atoms with van der Waals surface area (Å²) in [6.07, 6.45) is 5.94. The molecule has 0 amide bonds. The largest absolute Gasteiger partial charge is 0.373 e. The fourth-order valence-electron chi connectivity index (χ4n) is 2.54. The summed E-state index contributed by atoms with van der Waals surface area (Å²) in [6, 6.07) is 2.83. The molecule has 2 heterocycles. The molecule has 0 aliphatic carbocycles. The van der Waals surface area contributed by atoms with Gasteiger partial charge in [0.1, 0.15) is 5.82 Å². The Balaban J connectivity index is 2.22. The molecule has 1 aromatic heterocycles. The molecule has 1 unspecified atom stereocenters. The zero-order valence-corrected chi connectivity index (χ0v) is 10.5. The molecule has 16 heavy (non-hydrogen) atoms. The fraction of sp³-hybridized carbons (Fsp3) is 0.615. The van der Waals surface area contributed by atoms with E-state index in [1.807, 2.05) is 13.2 Å². The lowest BCUT2D eigenvalue weighted by Crippen LogP contribution is -2.29. The Morgan fingerprint density at radius 1 is 1.44 bits per heavy atom. The number of likely N-dealkylation sites (tertiary alicyclic amines) is 1. The average Bonchev–Trinajstić information content (AvgIpc) is 2.29. The van der Waals surface area contributed by atoms with Crippen LogP contribution in [0.3, 0.4) is 0 Å². The number of anilines is 1. The monoisotopic (exact) mass is 219 g/mol. The van der Waals surface area contributed by atoms with Crippen molar-refractivity contribution in [3.63, 3.8) is 0 Å². The van der Waals surface area contributed by atoms with E-state index in [1.165, 1.54) is 36.9 Å². The van der Waals surface area contributed by atoms with Gasteiger partial charge >= 0.3 is 0 Å². The summed E-state index contributed by atoms with van der Waals surface area (Å²) >= 11 is 0. The molecular weight excluding hydrogens is 198 g/mol. The predicted octanol–water partition coefficient (Wildman–Crippen LogP) is 2.59. The minimum absolute atomic E-state index is 0.561. The van der Waals surface area contributed by atoms with Crippen molar-refractivity contribution >= 4 is 5.82 Å². The number of piperidine rings is 1. The van der Waals surface area contributed by atoms with Crippen LogP contribution in [0, 0.1) is 6.92 Å². The lowest BCUT2D eigenvalue weighted by Gasteiger charge is -2.32. The van der Waals surface area contributed by atoms with Gasteiger partial charge in [-0.1, -0.05) is 6.42 Å². The Kier molecular flexibility index (Phi) is 3.44. The standard InChI is InChI=1S/C13H21N3/c1-10-8-11(9-15-13(10)14-2)12-6-4-5-7-16(12)3/h8-9,12H,4-7H2,1-3H3,(H,14,15). The minimum Gasteiger partial charge on any atom is -0.373 e. The Hall–Kier alpha value is -1.09. The Labute approximate surface area is 97.9 Å². The van der Waals surface area contributed by atoms with Gasteiger partial charge in [-0.05, 0) is 50.6 Å². The molecule has 1 atom stereocenters. The van der Waals surface area contributed by atoms with Crippen molar-refractivity contribution < 1.29 is 0 Å². The second-order valence-electron chi connectivity index (χ2n) is 4.68. The first-order valence-electron chi connectivity index (χ1n) is 6.07. The van der Waals surface area contributed by atoms with Crippen molar-refractivity contribution in [3.05, 3.63) is 23.4 Å². The van der Waals surface area contributed by atoms with Gasteiger partial charge in [-0.2, -0.15) is 0 Å². The van der Waals surface area contributed by atoms with Crippen LogP contribution in [0.1, 0.15) is 36.4 Å². The summed E-state index contributed by atoms with van der Waals surface area (Å²) in [5.74, 6) is 0.988. The molecule has 0 spiro atoms. The second kappa shape index (κ2) is 4.83. The molecule has 1 aromatic rings. The van der Waals surface area contributed by atoms with E-state index in [9.17, 15) is 0 Å². The van der Waals surface area contributed by atoms with E-state index >= 15 is 0 Å².